The van der Waals surface area contributed by atoms with Crippen LogP contribution in [0.4, 0.5) is 4.39 Å². The van der Waals surface area contributed by atoms with Gasteiger partial charge in [-0.25, -0.2) is 9.07 Å². The zero-order valence-electron chi connectivity index (χ0n) is 23.5. The first-order valence-electron chi connectivity index (χ1n) is 13.9. The Kier molecular flexibility index (Phi) is 7.49. The highest BCUT2D eigenvalue weighted by Crippen LogP contribution is 2.43. The number of aliphatic hydroxyl groups is 1. The van der Waals surface area contributed by atoms with E-state index in [4.69, 9.17) is 11.6 Å². The number of carbonyl (C=O) groups is 1. The number of likely N-dealkylation sites (tertiary alicyclic amines) is 1. The maximum absolute atomic E-state index is 14.4. The van der Waals surface area contributed by atoms with Crippen molar-refractivity contribution in [1.29, 1.82) is 0 Å². The average Bonchev–Trinajstić information content (AvgIpc) is 3.62. The second kappa shape index (κ2) is 11.0. The number of benzene rings is 2. The third-order valence-electron chi connectivity index (χ3n) is 8.36. The largest absolute Gasteiger partial charge is 0.382 e. The van der Waals surface area contributed by atoms with Crippen molar-refractivity contribution in [1.82, 2.24) is 24.5 Å². The number of aliphatic hydroxyl groups excluding tert-OH is 1. The number of pyridine rings is 1. The number of nitrogens with zero attached hydrogens (tertiary/aromatic N) is 5. The zero-order chi connectivity index (χ0) is 29.8. The Balaban J connectivity index is 1.27. The molecule has 42 heavy (non-hydrogen) atoms. The minimum Gasteiger partial charge on any atom is -0.382 e. The van der Waals surface area contributed by atoms with E-state index < -0.39 is 23.5 Å². The maximum Gasteiger partial charge on any atom is 0.252 e. The van der Waals surface area contributed by atoms with E-state index in [9.17, 15) is 19.1 Å². The van der Waals surface area contributed by atoms with Gasteiger partial charge in [0.25, 0.3) is 5.56 Å². The normalized spacial score (nSPS) is 20.4. The van der Waals surface area contributed by atoms with E-state index in [1.807, 2.05) is 56.0 Å². The van der Waals surface area contributed by atoms with Gasteiger partial charge in [-0.3, -0.25) is 14.2 Å². The number of piperidine rings is 1. The molecule has 1 saturated heterocycles. The minimum atomic E-state index is -1.31. The number of fused-ring (bicyclic) bond motifs is 1. The predicted octanol–water partition coefficient (Wildman–Crippen LogP) is 5.58. The summed E-state index contributed by atoms with van der Waals surface area (Å²) in [5.74, 6) is -0.262. The van der Waals surface area contributed by atoms with Crippen molar-refractivity contribution in [2.45, 2.75) is 62.4 Å². The number of halogens is 2. The van der Waals surface area contributed by atoms with Gasteiger partial charge in [-0.2, -0.15) is 0 Å². The Morgan fingerprint density at radius 3 is 2.69 bits per heavy atom. The number of aryl methyl sites for hydroxylation is 1. The minimum absolute atomic E-state index is 0.0565. The molecule has 218 valence electrons. The van der Waals surface area contributed by atoms with Crippen LogP contribution in [0.3, 0.4) is 0 Å². The first-order valence-corrected chi connectivity index (χ1v) is 15.2. The number of thioether (sulfide) groups is 1. The first kappa shape index (κ1) is 28.6. The number of hydrogen-bond acceptors (Lipinski definition) is 6. The topological polar surface area (TPSA) is 93.2 Å². The van der Waals surface area contributed by atoms with Crippen LogP contribution in [0.1, 0.15) is 61.7 Å². The molecule has 0 bridgehead atoms. The third-order valence-corrected chi connectivity index (χ3v) is 9.75. The fourth-order valence-corrected chi connectivity index (χ4v) is 7.53. The monoisotopic (exact) mass is 607 g/mol. The molecule has 3 atom stereocenters. The molecule has 1 fully saturated rings. The predicted molar refractivity (Wildman–Crippen MR) is 160 cm³/mol. The summed E-state index contributed by atoms with van der Waals surface area (Å²) in [5.41, 5.74) is 2.53. The molecule has 8 nitrogen and oxygen atoms in total. The summed E-state index contributed by atoms with van der Waals surface area (Å²) in [5, 5.41) is 20.2. The summed E-state index contributed by atoms with van der Waals surface area (Å²) in [6.07, 6.45) is 1.73. The summed E-state index contributed by atoms with van der Waals surface area (Å²) < 4.78 is 17.7. The fraction of sp³-hybridized carbons (Fsp3) is 0.355. The van der Waals surface area contributed by atoms with Crippen molar-refractivity contribution in [2.75, 3.05) is 12.3 Å². The summed E-state index contributed by atoms with van der Waals surface area (Å²) >= 11 is 7.40. The Hall–Kier alpha value is -3.47. The van der Waals surface area contributed by atoms with Gasteiger partial charge >= 0.3 is 0 Å². The van der Waals surface area contributed by atoms with Crippen LogP contribution in [-0.2, 0) is 4.79 Å². The Bertz CT molecular complexity index is 1720. The molecule has 0 aliphatic carbocycles. The number of hydrogen-bond donors (Lipinski definition) is 1. The van der Waals surface area contributed by atoms with Crippen LogP contribution in [-0.4, -0.2) is 53.3 Å². The van der Waals surface area contributed by atoms with E-state index in [1.54, 1.807) is 33.3 Å². The Morgan fingerprint density at radius 2 is 1.95 bits per heavy atom. The quantitative estimate of drug-likeness (QED) is 0.318. The second-order valence-corrected chi connectivity index (χ2v) is 13.0. The van der Waals surface area contributed by atoms with Crippen LogP contribution in [0.15, 0.2) is 70.6 Å². The molecule has 1 N–H and O–H groups in total. The molecule has 4 aromatic rings. The number of amides is 1. The highest BCUT2D eigenvalue weighted by Gasteiger charge is 2.43. The van der Waals surface area contributed by atoms with E-state index in [-0.39, 0.29) is 33.8 Å². The zero-order valence-corrected chi connectivity index (χ0v) is 25.1. The lowest BCUT2D eigenvalue weighted by Crippen LogP contribution is -2.56. The molecule has 3 unspecified atom stereocenters. The van der Waals surface area contributed by atoms with Gasteiger partial charge in [0.2, 0.25) is 5.91 Å². The van der Waals surface area contributed by atoms with Gasteiger partial charge in [0, 0.05) is 40.1 Å². The lowest BCUT2D eigenvalue weighted by molar-refractivity contribution is -0.143. The van der Waals surface area contributed by atoms with Gasteiger partial charge in [-0.15, -0.1) is 16.9 Å². The van der Waals surface area contributed by atoms with Gasteiger partial charge < -0.3 is 10.0 Å². The van der Waals surface area contributed by atoms with Gasteiger partial charge in [0.15, 0.2) is 0 Å². The van der Waals surface area contributed by atoms with Crippen molar-refractivity contribution in [3.63, 3.8) is 0 Å². The lowest BCUT2D eigenvalue weighted by atomic mass is 9.87. The second-order valence-electron chi connectivity index (χ2n) is 11.6. The smallest absolute Gasteiger partial charge is 0.252 e. The SMILES string of the molecule is Cc1cc(=O)n2c(c1-c1ccccc1)SCC2C(=O)N1CC(n2cc(C(O)c3ccc(Cl)cc3F)nn2)CCC1(C)C. The van der Waals surface area contributed by atoms with Crippen molar-refractivity contribution in [2.24, 2.45) is 0 Å². The Morgan fingerprint density at radius 1 is 1.19 bits per heavy atom. The van der Waals surface area contributed by atoms with Gasteiger partial charge in [0.1, 0.15) is 23.7 Å². The molecule has 0 saturated carbocycles. The lowest BCUT2D eigenvalue weighted by Gasteiger charge is -2.46. The van der Waals surface area contributed by atoms with Crippen LogP contribution >= 0.6 is 23.4 Å². The highest BCUT2D eigenvalue weighted by molar-refractivity contribution is 7.99. The van der Waals surface area contributed by atoms with Crippen molar-refractivity contribution in [3.8, 4) is 11.1 Å². The third kappa shape index (κ3) is 5.05. The van der Waals surface area contributed by atoms with Crippen molar-refractivity contribution in [3.05, 3.63) is 98.8 Å². The molecule has 2 aromatic heterocycles. The van der Waals surface area contributed by atoms with E-state index in [0.717, 1.165) is 34.2 Å². The van der Waals surface area contributed by atoms with Gasteiger partial charge in [0.05, 0.1) is 17.3 Å². The number of carbonyl (C=O) groups excluding carboxylic acids is 1. The molecule has 0 spiro atoms. The molecule has 4 heterocycles. The molecule has 0 radical (unpaired) electrons. The highest BCUT2D eigenvalue weighted by atomic mass is 35.5. The van der Waals surface area contributed by atoms with Crippen LogP contribution < -0.4 is 5.56 Å². The van der Waals surface area contributed by atoms with E-state index in [1.165, 1.54) is 12.1 Å². The summed E-state index contributed by atoms with van der Waals surface area (Å²) in [6, 6.07) is 14.8. The van der Waals surface area contributed by atoms with Crippen molar-refractivity contribution < 1.29 is 14.3 Å². The standard InChI is InChI=1S/C31H31ClFN5O3S/c1-18-13-26(39)38-25(17-42-30(38)27(18)19-7-5-4-6-8-19)29(41)36-15-21(11-12-31(36,2)3)37-16-24(34-35-37)28(40)22-10-9-20(32)14-23(22)33/h4-10,13-14,16,21,25,28,40H,11-12,15,17H2,1-3H3. The molecule has 2 aliphatic heterocycles. The number of rotatable bonds is 5. The van der Waals surface area contributed by atoms with E-state index in [2.05, 4.69) is 10.3 Å². The Labute approximate surface area is 252 Å². The molecular weight excluding hydrogens is 577 g/mol. The van der Waals surface area contributed by atoms with Gasteiger partial charge in [-0.1, -0.05) is 53.2 Å². The first-order chi connectivity index (χ1) is 20.0. The van der Waals surface area contributed by atoms with Crippen molar-refractivity contribution >= 4 is 29.3 Å². The molecule has 11 heteroatoms. The van der Waals surface area contributed by atoms with Crippen LogP contribution in [0.5, 0.6) is 0 Å². The summed E-state index contributed by atoms with van der Waals surface area (Å²) in [6.45, 7) is 6.38. The van der Waals surface area contributed by atoms with E-state index >= 15 is 0 Å². The summed E-state index contributed by atoms with van der Waals surface area (Å²) in [7, 11) is 0. The number of aromatic nitrogens is 4. The molecule has 6 rings (SSSR count). The maximum atomic E-state index is 14.4. The van der Waals surface area contributed by atoms with Crippen LogP contribution in [0.2, 0.25) is 5.02 Å². The molecule has 2 aromatic carbocycles. The fourth-order valence-electron chi connectivity index (χ4n) is 5.99. The molecule has 2 aliphatic rings. The molecule has 1 amide bonds. The van der Waals surface area contributed by atoms with Gasteiger partial charge in [-0.05, 0) is 56.9 Å². The average molecular weight is 608 g/mol. The molecular formula is C31H31ClFN5O3S. The van der Waals surface area contributed by atoms with Crippen LogP contribution in [0, 0.1) is 12.7 Å². The van der Waals surface area contributed by atoms with Crippen LogP contribution in [0.25, 0.3) is 11.1 Å². The van der Waals surface area contributed by atoms with E-state index in [0.29, 0.717) is 18.7 Å². The summed E-state index contributed by atoms with van der Waals surface area (Å²) in [4.78, 5) is 29.4.